The van der Waals surface area contributed by atoms with Gasteiger partial charge in [-0.3, -0.25) is 14.5 Å². The molecule has 1 saturated heterocycles. The van der Waals surface area contributed by atoms with Crippen LogP contribution in [0.2, 0.25) is 0 Å². The zero-order valence-electron chi connectivity index (χ0n) is 20.7. The lowest BCUT2D eigenvalue weighted by molar-refractivity contribution is -0.138. The van der Waals surface area contributed by atoms with E-state index in [-0.39, 0.29) is 24.4 Å². The summed E-state index contributed by atoms with van der Waals surface area (Å²) in [5, 5.41) is 14.7. The third-order valence-corrected chi connectivity index (χ3v) is 6.40. The minimum atomic E-state index is -0.807. The zero-order chi connectivity index (χ0) is 25.5. The molecule has 1 heterocycles. The molecule has 3 N–H and O–H groups in total. The first-order chi connectivity index (χ1) is 16.7. The van der Waals surface area contributed by atoms with Crippen molar-refractivity contribution in [3.8, 4) is 5.75 Å². The third kappa shape index (κ3) is 6.73. The molecule has 9 heteroatoms. The minimum absolute atomic E-state index is 0.00588. The molecule has 0 radical (unpaired) electrons. The number of carboxylic acids is 1. The first kappa shape index (κ1) is 26.0. The number of rotatable bonds is 8. The zero-order valence-corrected chi connectivity index (χ0v) is 20.7. The maximum absolute atomic E-state index is 12.6. The van der Waals surface area contributed by atoms with Gasteiger partial charge in [0.1, 0.15) is 5.75 Å². The fraction of sp³-hybridized carbons (Fsp3) is 0.423. The van der Waals surface area contributed by atoms with Crippen LogP contribution in [0.1, 0.15) is 38.7 Å². The number of para-hydroxylation sites is 1. The SMILES string of the molecule is COc1cc(N(C(C)=O)C2CCN(C(C)CC(=O)O)CC2)ccc1NC(=O)Nc1ccccc1C. The number of carboxylic acid groups (broad SMARTS) is 1. The van der Waals surface area contributed by atoms with Gasteiger partial charge in [-0.2, -0.15) is 0 Å². The number of ether oxygens (including phenoxy) is 1. The number of anilines is 3. The van der Waals surface area contributed by atoms with E-state index in [1.54, 1.807) is 23.1 Å². The second-order valence-electron chi connectivity index (χ2n) is 8.88. The Morgan fingerprint density at radius 1 is 1.11 bits per heavy atom. The number of urea groups is 1. The number of hydrogen-bond acceptors (Lipinski definition) is 5. The van der Waals surface area contributed by atoms with E-state index in [0.29, 0.717) is 22.8 Å². The Labute approximate surface area is 206 Å². The average Bonchev–Trinajstić information content (AvgIpc) is 2.81. The Morgan fingerprint density at radius 2 is 1.77 bits per heavy atom. The van der Waals surface area contributed by atoms with Crippen LogP contribution in [0, 0.1) is 6.92 Å². The number of nitrogens with zero attached hydrogens (tertiary/aromatic N) is 2. The van der Waals surface area contributed by atoms with Gasteiger partial charge in [0.15, 0.2) is 0 Å². The van der Waals surface area contributed by atoms with Crippen LogP contribution in [-0.2, 0) is 9.59 Å². The summed E-state index contributed by atoms with van der Waals surface area (Å²) in [4.78, 5) is 40.1. The Hall–Kier alpha value is -3.59. The molecule has 1 aliphatic heterocycles. The van der Waals surface area contributed by atoms with Gasteiger partial charge >= 0.3 is 12.0 Å². The van der Waals surface area contributed by atoms with Crippen molar-refractivity contribution in [3.05, 3.63) is 48.0 Å². The fourth-order valence-corrected chi connectivity index (χ4v) is 4.54. The molecule has 1 aliphatic rings. The molecule has 3 amide bonds. The normalized spacial score (nSPS) is 15.2. The number of likely N-dealkylation sites (tertiary alicyclic amines) is 1. The van der Waals surface area contributed by atoms with Crippen LogP contribution in [0.25, 0.3) is 0 Å². The molecule has 0 spiro atoms. The van der Waals surface area contributed by atoms with Crippen molar-refractivity contribution in [1.29, 1.82) is 0 Å². The number of benzene rings is 2. The molecular weight excluding hydrogens is 448 g/mol. The molecule has 0 saturated carbocycles. The van der Waals surface area contributed by atoms with E-state index in [1.807, 2.05) is 38.1 Å². The summed E-state index contributed by atoms with van der Waals surface area (Å²) < 4.78 is 5.52. The lowest BCUT2D eigenvalue weighted by Crippen LogP contribution is -2.49. The number of aryl methyl sites for hydroxylation is 1. The van der Waals surface area contributed by atoms with Crippen LogP contribution in [0.5, 0.6) is 5.75 Å². The number of nitrogens with one attached hydrogen (secondary N) is 2. The minimum Gasteiger partial charge on any atom is -0.494 e. The Kier molecular flexibility index (Phi) is 8.70. The van der Waals surface area contributed by atoms with E-state index in [0.717, 1.165) is 31.5 Å². The highest BCUT2D eigenvalue weighted by Crippen LogP contribution is 2.33. The molecule has 0 aliphatic carbocycles. The molecule has 0 bridgehead atoms. The van der Waals surface area contributed by atoms with E-state index < -0.39 is 12.0 Å². The first-order valence-corrected chi connectivity index (χ1v) is 11.8. The highest BCUT2D eigenvalue weighted by Gasteiger charge is 2.30. The second kappa shape index (κ2) is 11.7. The van der Waals surface area contributed by atoms with Gasteiger partial charge in [0.05, 0.1) is 19.2 Å². The van der Waals surface area contributed by atoms with Crippen LogP contribution in [0.15, 0.2) is 42.5 Å². The van der Waals surface area contributed by atoms with Crippen molar-refractivity contribution in [2.24, 2.45) is 0 Å². The number of carbonyl (C=O) groups is 3. The molecule has 2 aromatic rings. The smallest absolute Gasteiger partial charge is 0.323 e. The summed E-state index contributed by atoms with van der Waals surface area (Å²) in [6, 6.07) is 12.3. The van der Waals surface area contributed by atoms with Crippen molar-refractivity contribution in [2.75, 3.05) is 35.7 Å². The van der Waals surface area contributed by atoms with E-state index in [1.165, 1.54) is 14.0 Å². The first-order valence-electron chi connectivity index (χ1n) is 11.8. The van der Waals surface area contributed by atoms with Crippen LogP contribution >= 0.6 is 0 Å². The Bertz CT molecular complexity index is 1070. The van der Waals surface area contributed by atoms with Gasteiger partial charge < -0.3 is 25.4 Å². The molecule has 35 heavy (non-hydrogen) atoms. The molecule has 1 atom stereocenters. The topological polar surface area (TPSA) is 111 Å². The number of piperidine rings is 1. The lowest BCUT2D eigenvalue weighted by Gasteiger charge is -2.40. The summed E-state index contributed by atoms with van der Waals surface area (Å²) in [5.74, 6) is -0.443. The number of aliphatic carboxylic acids is 1. The Morgan fingerprint density at radius 3 is 2.37 bits per heavy atom. The maximum Gasteiger partial charge on any atom is 0.323 e. The predicted octanol–water partition coefficient (Wildman–Crippen LogP) is 4.33. The summed E-state index contributed by atoms with van der Waals surface area (Å²) in [6.07, 6.45) is 1.58. The number of carbonyl (C=O) groups excluding carboxylic acids is 2. The molecule has 1 unspecified atom stereocenters. The van der Waals surface area contributed by atoms with Crippen molar-refractivity contribution >= 4 is 35.0 Å². The molecule has 3 rings (SSSR count). The van der Waals surface area contributed by atoms with Crippen molar-refractivity contribution in [2.45, 2.75) is 52.1 Å². The van der Waals surface area contributed by atoms with Gasteiger partial charge in [-0.15, -0.1) is 0 Å². The van der Waals surface area contributed by atoms with Gasteiger partial charge in [0.2, 0.25) is 5.91 Å². The van der Waals surface area contributed by atoms with E-state index in [4.69, 9.17) is 9.84 Å². The molecule has 9 nitrogen and oxygen atoms in total. The highest BCUT2D eigenvalue weighted by atomic mass is 16.5. The summed E-state index contributed by atoms with van der Waals surface area (Å²) in [5.41, 5.74) is 2.84. The Balaban J connectivity index is 1.71. The summed E-state index contributed by atoms with van der Waals surface area (Å²) >= 11 is 0. The van der Waals surface area contributed by atoms with Gasteiger partial charge in [0.25, 0.3) is 0 Å². The van der Waals surface area contributed by atoms with Crippen LogP contribution < -0.4 is 20.3 Å². The highest BCUT2D eigenvalue weighted by molar-refractivity contribution is 6.01. The van der Waals surface area contributed by atoms with Crippen molar-refractivity contribution in [1.82, 2.24) is 4.90 Å². The monoisotopic (exact) mass is 482 g/mol. The second-order valence-corrected chi connectivity index (χ2v) is 8.88. The lowest BCUT2D eigenvalue weighted by atomic mass is 10.00. The van der Waals surface area contributed by atoms with Gasteiger partial charge in [0, 0.05) is 49.5 Å². The summed E-state index contributed by atoms with van der Waals surface area (Å²) in [7, 11) is 1.52. The third-order valence-electron chi connectivity index (χ3n) is 6.40. The summed E-state index contributed by atoms with van der Waals surface area (Å²) in [6.45, 7) is 6.81. The molecule has 1 fully saturated rings. The van der Waals surface area contributed by atoms with Crippen molar-refractivity contribution in [3.63, 3.8) is 0 Å². The average molecular weight is 483 g/mol. The molecular formula is C26H34N4O5. The molecule has 188 valence electrons. The van der Waals surface area contributed by atoms with E-state index in [2.05, 4.69) is 15.5 Å². The standard InChI is InChI=1S/C26H34N4O5/c1-17-7-5-6-8-22(17)27-26(34)28-23-10-9-21(16-24(23)35-4)30(19(3)31)20-11-13-29(14-12-20)18(2)15-25(32)33/h5-10,16,18,20H,11-15H2,1-4H3,(H,32,33)(H2,27,28,34). The van der Waals surface area contributed by atoms with Gasteiger partial charge in [-0.1, -0.05) is 18.2 Å². The quantitative estimate of drug-likeness (QED) is 0.517. The number of hydrogen-bond donors (Lipinski definition) is 3. The van der Waals surface area contributed by atoms with Crippen molar-refractivity contribution < 1.29 is 24.2 Å². The maximum atomic E-state index is 12.6. The molecule has 0 aromatic heterocycles. The number of methoxy groups -OCH3 is 1. The van der Waals surface area contributed by atoms with Gasteiger partial charge in [-0.05, 0) is 50.5 Å². The van der Waals surface area contributed by atoms with Crippen LogP contribution in [0.4, 0.5) is 21.9 Å². The van der Waals surface area contributed by atoms with E-state index >= 15 is 0 Å². The van der Waals surface area contributed by atoms with Gasteiger partial charge in [-0.25, -0.2) is 4.79 Å². The van der Waals surface area contributed by atoms with E-state index in [9.17, 15) is 14.4 Å². The van der Waals surface area contributed by atoms with Crippen LogP contribution in [0.3, 0.4) is 0 Å². The largest absolute Gasteiger partial charge is 0.494 e. The molecule has 2 aromatic carbocycles. The number of amides is 3. The fourth-order valence-electron chi connectivity index (χ4n) is 4.54. The predicted molar refractivity (Wildman–Crippen MR) is 136 cm³/mol. The van der Waals surface area contributed by atoms with Crippen LogP contribution in [-0.4, -0.2) is 60.2 Å².